The number of amidine groups is 1. The molecule has 27 heavy (non-hydrogen) atoms. The first kappa shape index (κ1) is 16.0. The van der Waals surface area contributed by atoms with Crippen LogP contribution in [0.25, 0.3) is 10.9 Å². The lowest BCUT2D eigenvalue weighted by Gasteiger charge is -2.13. The monoisotopic (exact) mass is 360 g/mol. The molecule has 1 saturated heterocycles. The van der Waals surface area contributed by atoms with E-state index in [2.05, 4.69) is 20.4 Å². The van der Waals surface area contributed by atoms with Crippen molar-refractivity contribution >= 4 is 28.3 Å². The van der Waals surface area contributed by atoms with E-state index < -0.39 is 0 Å². The molecular formula is C20H20N6O. The third-order valence-electron chi connectivity index (χ3n) is 5.23. The van der Waals surface area contributed by atoms with Gasteiger partial charge in [0.25, 0.3) is 5.91 Å². The Bertz CT molecular complexity index is 1080. The van der Waals surface area contributed by atoms with Crippen LogP contribution in [0.3, 0.4) is 0 Å². The molecule has 0 atom stereocenters. The molecule has 5 rings (SSSR count). The summed E-state index contributed by atoms with van der Waals surface area (Å²) in [5.41, 5.74) is 4.38. The summed E-state index contributed by atoms with van der Waals surface area (Å²) in [4.78, 5) is 23.6. The van der Waals surface area contributed by atoms with E-state index in [0.717, 1.165) is 59.6 Å². The van der Waals surface area contributed by atoms with Crippen LogP contribution >= 0.6 is 0 Å². The van der Waals surface area contributed by atoms with E-state index >= 15 is 0 Å². The van der Waals surface area contributed by atoms with Gasteiger partial charge in [-0.2, -0.15) is 5.10 Å². The van der Waals surface area contributed by atoms with E-state index in [-0.39, 0.29) is 5.91 Å². The van der Waals surface area contributed by atoms with Gasteiger partial charge in [0.05, 0.1) is 12.1 Å². The Morgan fingerprint density at radius 3 is 2.89 bits per heavy atom. The quantitative estimate of drug-likeness (QED) is 0.762. The number of aryl methyl sites for hydroxylation is 1. The molecule has 0 aliphatic carbocycles. The van der Waals surface area contributed by atoms with Crippen LogP contribution in [0, 0.1) is 0 Å². The molecule has 0 spiro atoms. The van der Waals surface area contributed by atoms with Crippen molar-refractivity contribution in [3.05, 3.63) is 53.5 Å². The van der Waals surface area contributed by atoms with Crippen molar-refractivity contribution in [1.82, 2.24) is 19.7 Å². The summed E-state index contributed by atoms with van der Waals surface area (Å²) in [7, 11) is 1.87. The molecule has 136 valence electrons. The number of carbonyl (C=O) groups is 1. The Morgan fingerprint density at radius 2 is 2.04 bits per heavy atom. The fourth-order valence-electron chi connectivity index (χ4n) is 3.82. The highest BCUT2D eigenvalue weighted by molar-refractivity contribution is 6.10. The van der Waals surface area contributed by atoms with Gasteiger partial charge in [0, 0.05) is 43.0 Å². The van der Waals surface area contributed by atoms with Crippen molar-refractivity contribution in [1.29, 1.82) is 0 Å². The lowest BCUT2D eigenvalue weighted by molar-refractivity contribution is 0.0788. The van der Waals surface area contributed by atoms with E-state index in [9.17, 15) is 4.79 Å². The molecule has 1 fully saturated rings. The standard InChI is InChI=1S/C20H20N6O/c1-25-16-11-14(23-19-17-13(12-22-19)5-4-8-21-17)6-7-15(16)18(24-25)20(27)26-9-2-3-10-26/h4-8,11H,2-3,9-10,12H2,1H3,(H,22,23). The number of rotatable bonds is 2. The molecule has 7 heteroatoms. The average molecular weight is 360 g/mol. The summed E-state index contributed by atoms with van der Waals surface area (Å²) in [5, 5.41) is 8.74. The lowest BCUT2D eigenvalue weighted by Crippen LogP contribution is -2.28. The van der Waals surface area contributed by atoms with Gasteiger partial charge in [-0.1, -0.05) is 6.07 Å². The summed E-state index contributed by atoms with van der Waals surface area (Å²) < 4.78 is 1.77. The first-order valence-corrected chi connectivity index (χ1v) is 9.22. The third kappa shape index (κ3) is 2.66. The Hall–Kier alpha value is -3.22. The number of pyridine rings is 1. The molecule has 1 aromatic carbocycles. The van der Waals surface area contributed by atoms with Gasteiger partial charge < -0.3 is 10.2 Å². The highest BCUT2D eigenvalue weighted by atomic mass is 16.2. The number of amides is 1. The predicted molar refractivity (Wildman–Crippen MR) is 104 cm³/mol. The van der Waals surface area contributed by atoms with Gasteiger partial charge in [0.15, 0.2) is 11.5 Å². The summed E-state index contributed by atoms with van der Waals surface area (Å²) in [6.45, 7) is 2.29. The van der Waals surface area contributed by atoms with Crippen LogP contribution in [0.15, 0.2) is 41.5 Å². The molecule has 2 aliphatic rings. The molecule has 2 aliphatic heterocycles. The SMILES string of the molecule is Cn1nc(C(=O)N2CCCC2)c2ccc(NC3=NCc4cccnc43)cc21. The highest BCUT2D eigenvalue weighted by Gasteiger charge is 2.24. The number of nitrogens with zero attached hydrogens (tertiary/aromatic N) is 5. The second-order valence-electron chi connectivity index (χ2n) is 7.00. The van der Waals surface area contributed by atoms with Gasteiger partial charge in [-0.25, -0.2) is 0 Å². The summed E-state index contributed by atoms with van der Waals surface area (Å²) in [6, 6.07) is 9.91. The number of fused-ring (bicyclic) bond motifs is 2. The first-order chi connectivity index (χ1) is 13.2. The number of likely N-dealkylation sites (tertiary alicyclic amines) is 1. The molecule has 0 radical (unpaired) electrons. The zero-order valence-electron chi connectivity index (χ0n) is 15.1. The first-order valence-electron chi connectivity index (χ1n) is 9.22. The Morgan fingerprint density at radius 1 is 1.19 bits per heavy atom. The molecule has 1 N–H and O–H groups in total. The van der Waals surface area contributed by atoms with Crippen molar-refractivity contribution in [2.45, 2.75) is 19.4 Å². The van der Waals surface area contributed by atoms with Crippen LogP contribution in [0.5, 0.6) is 0 Å². The normalized spacial score (nSPS) is 15.9. The van der Waals surface area contributed by atoms with Crippen LogP contribution in [0.2, 0.25) is 0 Å². The van der Waals surface area contributed by atoms with Crippen LogP contribution < -0.4 is 5.32 Å². The van der Waals surface area contributed by atoms with Crippen molar-refractivity contribution in [3.8, 4) is 0 Å². The number of nitrogens with one attached hydrogen (secondary N) is 1. The van der Waals surface area contributed by atoms with E-state index in [1.165, 1.54) is 0 Å². The molecule has 3 aromatic rings. The number of benzene rings is 1. The minimum atomic E-state index is 0.0251. The number of aromatic nitrogens is 3. The largest absolute Gasteiger partial charge is 0.339 e. The molecule has 0 unspecified atom stereocenters. The molecule has 0 saturated carbocycles. The maximum atomic E-state index is 12.8. The average Bonchev–Trinajstić information content (AvgIpc) is 3.42. The molecular weight excluding hydrogens is 340 g/mol. The fraction of sp³-hybridized carbons (Fsp3) is 0.300. The number of anilines is 1. The zero-order chi connectivity index (χ0) is 18.4. The van der Waals surface area contributed by atoms with Gasteiger partial charge in [-0.3, -0.25) is 19.5 Å². The molecule has 1 amide bonds. The Labute approximate surface area is 156 Å². The van der Waals surface area contributed by atoms with Crippen LogP contribution in [-0.4, -0.2) is 44.5 Å². The van der Waals surface area contributed by atoms with Gasteiger partial charge in [0.2, 0.25) is 0 Å². The fourth-order valence-corrected chi connectivity index (χ4v) is 3.82. The minimum Gasteiger partial charge on any atom is -0.339 e. The highest BCUT2D eigenvalue weighted by Crippen LogP contribution is 2.25. The van der Waals surface area contributed by atoms with Crippen LogP contribution in [0.1, 0.15) is 34.6 Å². The summed E-state index contributed by atoms with van der Waals surface area (Å²) >= 11 is 0. The van der Waals surface area contributed by atoms with Crippen LogP contribution in [0.4, 0.5) is 5.69 Å². The molecule has 2 aromatic heterocycles. The van der Waals surface area contributed by atoms with Gasteiger partial charge in [-0.05, 0) is 37.1 Å². The van der Waals surface area contributed by atoms with Crippen molar-refractivity contribution < 1.29 is 4.79 Å². The van der Waals surface area contributed by atoms with E-state index in [1.54, 1.807) is 10.9 Å². The second kappa shape index (κ2) is 6.19. The Balaban J connectivity index is 1.46. The zero-order valence-corrected chi connectivity index (χ0v) is 15.1. The summed E-state index contributed by atoms with van der Waals surface area (Å²) in [5.74, 6) is 0.803. The number of aliphatic imine (C=N–C) groups is 1. The second-order valence-corrected chi connectivity index (χ2v) is 7.00. The smallest absolute Gasteiger partial charge is 0.274 e. The predicted octanol–water partition coefficient (Wildman–Crippen LogP) is 2.58. The topological polar surface area (TPSA) is 75.4 Å². The maximum absolute atomic E-state index is 12.8. The molecule has 7 nitrogen and oxygen atoms in total. The van der Waals surface area contributed by atoms with E-state index in [4.69, 9.17) is 0 Å². The number of hydrogen-bond donors (Lipinski definition) is 1. The van der Waals surface area contributed by atoms with Gasteiger partial charge in [0.1, 0.15) is 5.69 Å². The van der Waals surface area contributed by atoms with Crippen LogP contribution in [-0.2, 0) is 13.6 Å². The van der Waals surface area contributed by atoms with Crippen molar-refractivity contribution in [3.63, 3.8) is 0 Å². The summed E-state index contributed by atoms with van der Waals surface area (Å²) in [6.07, 6.45) is 3.92. The molecule has 0 bridgehead atoms. The van der Waals surface area contributed by atoms with Gasteiger partial charge in [-0.15, -0.1) is 0 Å². The number of carbonyl (C=O) groups excluding carboxylic acids is 1. The Kier molecular flexibility index (Phi) is 3.67. The molecule has 4 heterocycles. The third-order valence-corrected chi connectivity index (χ3v) is 5.23. The van der Waals surface area contributed by atoms with E-state index in [1.807, 2.05) is 42.3 Å². The number of hydrogen-bond acceptors (Lipinski definition) is 5. The van der Waals surface area contributed by atoms with Crippen molar-refractivity contribution in [2.24, 2.45) is 12.0 Å². The van der Waals surface area contributed by atoms with E-state index in [0.29, 0.717) is 12.2 Å². The minimum absolute atomic E-state index is 0.0251. The lowest BCUT2D eigenvalue weighted by atomic mass is 10.1. The maximum Gasteiger partial charge on any atom is 0.274 e. The van der Waals surface area contributed by atoms with Gasteiger partial charge >= 0.3 is 0 Å². The van der Waals surface area contributed by atoms with Crippen molar-refractivity contribution in [2.75, 3.05) is 18.4 Å².